The number of carbonyl (C=O) groups excluding carboxylic acids is 2. The van der Waals surface area contributed by atoms with Gasteiger partial charge in [-0.2, -0.15) is 9.59 Å². The molecule has 14 heterocycles. The van der Waals surface area contributed by atoms with Crippen molar-refractivity contribution in [3.63, 3.8) is 0 Å². The number of hydrogen-bond acceptors (Lipinski definition) is 23. The number of hydrogen-bond donors (Lipinski definition) is 3. The molecule has 23 aliphatic rings. The Hall–Kier alpha value is -2.48. The molecule has 9 aliphatic carbocycles. The fourth-order valence-electron chi connectivity index (χ4n) is 26.5. The molecule has 30 atom stereocenters. The largest absolute Gasteiger partial charge is 0.396 e. The van der Waals surface area contributed by atoms with Gasteiger partial charge in [0.15, 0.2) is 23.1 Å². The Kier molecular flexibility index (Phi) is 24.1. The van der Waals surface area contributed by atoms with E-state index in [1.165, 1.54) is 89.9 Å². The molecule has 25 heteroatoms. The van der Waals surface area contributed by atoms with Crippen LogP contribution < -0.4 is 0 Å². The van der Waals surface area contributed by atoms with E-state index in [1.807, 2.05) is 0 Å². The van der Waals surface area contributed by atoms with Crippen LogP contribution in [0.5, 0.6) is 0 Å². The van der Waals surface area contributed by atoms with Crippen LogP contribution in [0.3, 0.4) is 0 Å². The highest BCUT2D eigenvalue weighted by Gasteiger charge is 2.71. The molecule has 0 unspecified atom stereocenters. The molecule has 113 heavy (non-hydrogen) atoms. The number of fused-ring (bicyclic) bond motifs is 13. The molecule has 0 aromatic heterocycles. The maximum absolute atomic E-state index is 9.90. The highest BCUT2D eigenvalue weighted by molar-refractivity contribution is 5.20. The van der Waals surface area contributed by atoms with E-state index in [-0.39, 0.29) is 186 Å². The maximum atomic E-state index is 9.90. The standard InChI is InChI=1S/C19H27NO4.C19H30O4.C18H28O5.C18H28O4.C13H19NO4.CO2/c1-20-10-7-13-5-6-16-18(22-13)11-14(21-16)17-15(12-18)23-19(24-17)8-3-2-4-9-19;1-2-6-13-7-8-16-18(21-13)11-14(20-16)17-15(12-18)22-19(23-17)9-4-3-5-10-19;19-9-6-12-4-5-15-17(21-12)10-13(20-15)16-14(11-17)22-18(23-16)7-2-1-3-8-18;1-2-12-6-7-15-17(20-12)10-13(19-15)16-14(11-17)21-18(22-16)8-4-3-5-9-18;1-14-5-4-8-2-3-11-13(18-8)6-9(15)12(16)10(7-13)17-11;2-1-3/h13-17H,2-12H2;13-17H,2-12H2,1H3;12-16,19H,1-11H2;12-16H,2-11H2,1H3;8-12,15-16H,2-7H2;/t13-,14-,15-,16+,17+,18-;13-,14+,15+,16-,17-,18+;12-,13-,14-,15+,16+,17-;12-,13+,14+,15-,16-,17+;8-,9-,10-,11+,12-,13+;/m10101./s1. The van der Waals surface area contributed by atoms with Gasteiger partial charge in [0.2, 0.25) is 13.1 Å². The lowest BCUT2D eigenvalue weighted by Gasteiger charge is -2.44. The predicted molar refractivity (Wildman–Crippen MR) is 402 cm³/mol. The van der Waals surface area contributed by atoms with Crippen molar-refractivity contribution in [1.29, 1.82) is 0 Å². The lowest BCUT2D eigenvalue weighted by Crippen LogP contribution is -2.54. The second-order valence-corrected chi connectivity index (χ2v) is 38.8. The van der Waals surface area contributed by atoms with E-state index in [9.17, 15) is 15.3 Å². The van der Waals surface area contributed by atoms with E-state index >= 15 is 0 Å². The molecular weight excluding hydrogens is 1450 g/mol. The molecule has 0 aromatic carbocycles. The predicted octanol–water partition coefficient (Wildman–Crippen LogP) is 12.5. The van der Waals surface area contributed by atoms with Crippen molar-refractivity contribution >= 4 is 6.15 Å². The molecule has 9 saturated carbocycles. The molecule has 0 amide bonds. The third-order valence-corrected chi connectivity index (χ3v) is 31.5. The molecule has 23 fully saturated rings. The lowest BCUT2D eigenvalue weighted by molar-refractivity contribution is -0.216. The molecule has 0 radical (unpaired) electrons. The first-order valence-corrected chi connectivity index (χ1v) is 45.7. The van der Waals surface area contributed by atoms with Gasteiger partial charge in [0.25, 0.3) is 0 Å². The van der Waals surface area contributed by atoms with Gasteiger partial charge in [0, 0.05) is 135 Å². The molecule has 9 spiro atoms. The zero-order valence-electron chi connectivity index (χ0n) is 67.5. The van der Waals surface area contributed by atoms with Crippen LogP contribution in [-0.2, 0) is 94.9 Å². The Balaban J connectivity index is 0.0000000978. The number of aliphatic hydroxyl groups is 3. The van der Waals surface area contributed by atoms with Gasteiger partial charge in [-0.25, -0.2) is 13.1 Å². The number of aliphatic hydroxyl groups excluding tert-OH is 3. The summed E-state index contributed by atoms with van der Waals surface area (Å²) in [6.07, 6.45) is 50.5. The third kappa shape index (κ3) is 15.8. The van der Waals surface area contributed by atoms with E-state index in [4.69, 9.17) is 108 Å². The quantitative estimate of drug-likeness (QED) is 0.181. The third-order valence-electron chi connectivity index (χ3n) is 31.5. The lowest BCUT2D eigenvalue weighted by atomic mass is 9.76. The van der Waals surface area contributed by atoms with Crippen molar-refractivity contribution in [3.8, 4) is 0 Å². The summed E-state index contributed by atoms with van der Waals surface area (Å²) in [6.45, 7) is 19.6. The molecule has 14 saturated heterocycles. The zero-order chi connectivity index (χ0) is 77.4. The summed E-state index contributed by atoms with van der Waals surface area (Å²) in [5, 5.41) is 29.0. The first-order chi connectivity index (χ1) is 54.9. The molecule has 3 N–H and O–H groups in total. The minimum Gasteiger partial charge on any atom is -0.396 e. The smallest absolute Gasteiger partial charge is 0.373 e. The summed E-state index contributed by atoms with van der Waals surface area (Å²) in [4.78, 5) is 23.1. The van der Waals surface area contributed by atoms with E-state index in [0.717, 1.165) is 193 Å². The van der Waals surface area contributed by atoms with Gasteiger partial charge < -0.3 is 110 Å². The Bertz CT molecular complexity index is 3260. The van der Waals surface area contributed by atoms with Gasteiger partial charge >= 0.3 is 6.15 Å². The van der Waals surface area contributed by atoms with Crippen LogP contribution in [0.2, 0.25) is 0 Å². The molecule has 632 valence electrons. The van der Waals surface area contributed by atoms with Crippen molar-refractivity contribution < 1.29 is 110 Å². The topological polar surface area (TPSA) is 270 Å². The van der Waals surface area contributed by atoms with E-state index in [0.29, 0.717) is 38.1 Å². The van der Waals surface area contributed by atoms with Gasteiger partial charge in [-0.1, -0.05) is 46.0 Å². The van der Waals surface area contributed by atoms with Crippen LogP contribution in [-0.4, -0.2) is 245 Å². The number of rotatable bonds is 9. The van der Waals surface area contributed by atoms with E-state index in [2.05, 4.69) is 23.5 Å². The number of ether oxygens (including phenoxy) is 18. The molecule has 14 aliphatic heterocycles. The van der Waals surface area contributed by atoms with Crippen LogP contribution >= 0.6 is 0 Å². The first-order valence-electron chi connectivity index (χ1n) is 45.7. The second kappa shape index (κ2) is 33.4. The summed E-state index contributed by atoms with van der Waals surface area (Å²) >= 11 is 0. The van der Waals surface area contributed by atoms with Crippen LogP contribution in [0, 0.1) is 13.1 Å². The van der Waals surface area contributed by atoms with Crippen molar-refractivity contribution in [3.05, 3.63) is 22.8 Å². The highest BCUT2D eigenvalue weighted by atomic mass is 16.8. The molecule has 23 rings (SSSR count). The molecule has 0 aromatic rings. The average molecular weight is 1590 g/mol. The van der Waals surface area contributed by atoms with Crippen LogP contribution in [0.15, 0.2) is 0 Å². The van der Waals surface area contributed by atoms with Gasteiger partial charge in [-0.05, 0) is 135 Å². The Labute approximate surface area is 668 Å². The van der Waals surface area contributed by atoms with Gasteiger partial charge in [-0.15, -0.1) is 0 Å². The second-order valence-electron chi connectivity index (χ2n) is 38.8. The van der Waals surface area contributed by atoms with Crippen molar-refractivity contribution in [2.75, 3.05) is 19.7 Å². The fraction of sp³-hybridized carbons (Fsp3) is 0.966. The van der Waals surface area contributed by atoms with Crippen LogP contribution in [0.1, 0.15) is 309 Å². The summed E-state index contributed by atoms with van der Waals surface area (Å²) in [5.74, 6) is -1.28. The minimum atomic E-state index is -0.786. The molecule has 10 bridgehead atoms. The summed E-state index contributed by atoms with van der Waals surface area (Å²) in [5.41, 5.74) is -0.996. The van der Waals surface area contributed by atoms with Gasteiger partial charge in [-0.3, -0.25) is 0 Å². The van der Waals surface area contributed by atoms with Crippen LogP contribution in [0.4, 0.5) is 0 Å². The highest BCUT2D eigenvalue weighted by Crippen LogP contribution is 2.62. The first kappa shape index (κ1) is 81.5. The molecule has 25 nitrogen and oxygen atoms in total. The Morgan fingerprint density at radius 2 is 0.593 bits per heavy atom. The summed E-state index contributed by atoms with van der Waals surface area (Å²) in [6, 6.07) is 0. The van der Waals surface area contributed by atoms with E-state index < -0.39 is 17.8 Å². The van der Waals surface area contributed by atoms with Crippen molar-refractivity contribution in [2.24, 2.45) is 0 Å². The van der Waals surface area contributed by atoms with Gasteiger partial charge in [0.05, 0.1) is 150 Å². The van der Waals surface area contributed by atoms with Crippen molar-refractivity contribution in [2.45, 2.75) is 513 Å². The van der Waals surface area contributed by atoms with Gasteiger partial charge in [0.1, 0.15) is 30.5 Å². The number of nitrogens with zero attached hydrogens (tertiary/aromatic N) is 2. The monoisotopic (exact) mass is 1580 g/mol. The fourth-order valence-corrected chi connectivity index (χ4v) is 26.5. The summed E-state index contributed by atoms with van der Waals surface area (Å²) < 4.78 is 116. The minimum absolute atomic E-state index is 0.00140. The zero-order valence-corrected chi connectivity index (χ0v) is 67.5. The maximum Gasteiger partial charge on any atom is 0.373 e. The van der Waals surface area contributed by atoms with Crippen LogP contribution in [0.25, 0.3) is 9.69 Å². The van der Waals surface area contributed by atoms with E-state index in [1.54, 1.807) is 0 Å². The Morgan fingerprint density at radius 1 is 0.327 bits per heavy atom. The van der Waals surface area contributed by atoms with Crippen molar-refractivity contribution in [1.82, 2.24) is 0 Å². The average Bonchev–Trinajstić information content (AvgIpc) is 1.57. The summed E-state index contributed by atoms with van der Waals surface area (Å²) in [7, 11) is 0. The molecular formula is C88H132N2O23. The normalized spacial score (nSPS) is 49.4. The Morgan fingerprint density at radius 3 is 0.894 bits per heavy atom. The SMILES string of the molecule is CCC[C@H]1CC[C@@H]2O[C@@H]3C[C@]2(C[C@H]2OC4(CCCCC4)O[C@@H]32)O1.CC[C@H]1CC[C@@H]2O[C@@H]3C[C@]2(C[C@H]2OC4(CCCCC4)O[C@@H]32)O1.O=C=O.OCC[C@H]1CC[C@@H]2O[C@@H]3C[C@]2(C[C@H]2OC4(CCCCC4)O[C@@H]32)O1.[C-]#[N+]CC[C@H]1CC[C@@H]2O[C@@H]3C[C@]2(C[C@@H](O)[C@H]3O)O1.[C-]#[N+]CC[C@H]1CC[C@@H]2O[C@@H]3C[C@]2(C[C@H]2OC4(CCCCC4)O[C@@H]32)O1.